The second-order valence-electron chi connectivity index (χ2n) is 4.21. The Balaban J connectivity index is 3.34. The van der Waals surface area contributed by atoms with Crippen LogP contribution in [0.1, 0.15) is 6.92 Å². The number of aromatic nitrogens is 3. The van der Waals surface area contributed by atoms with Gasteiger partial charge < -0.3 is 10.2 Å². The van der Waals surface area contributed by atoms with Crippen LogP contribution >= 0.6 is 46.4 Å². The summed E-state index contributed by atoms with van der Waals surface area (Å²) in [5, 5.41) is 11.5. The van der Waals surface area contributed by atoms with Crippen molar-refractivity contribution in [2.24, 2.45) is 0 Å². The Morgan fingerprint density at radius 2 is 1.82 bits per heavy atom. The van der Waals surface area contributed by atoms with E-state index in [-0.39, 0.29) is 17.2 Å². The summed E-state index contributed by atoms with van der Waals surface area (Å²) >= 11 is 23.3. The molecule has 0 bridgehead atoms. The number of nitrogens with zero attached hydrogens (tertiary/aromatic N) is 6. The van der Waals surface area contributed by atoms with Crippen LogP contribution in [-0.4, -0.2) is 44.9 Å². The maximum Gasteiger partial charge on any atom is 0.246 e. The fraction of sp³-hybridized carbons (Fsp3) is 0.500. The van der Waals surface area contributed by atoms with E-state index in [2.05, 4.69) is 20.3 Å². The van der Waals surface area contributed by atoms with Crippen LogP contribution < -0.4 is 15.1 Å². The topological polar surface area (TPSA) is 98.0 Å². The van der Waals surface area contributed by atoms with E-state index in [4.69, 9.17) is 46.4 Å². The van der Waals surface area contributed by atoms with Crippen LogP contribution in [0, 0.1) is 11.5 Å². The van der Waals surface area contributed by atoms with Crippen LogP contribution in [0.15, 0.2) is 0 Å². The first-order chi connectivity index (χ1) is 10.1. The molecule has 1 heterocycles. The van der Waals surface area contributed by atoms with Crippen molar-refractivity contribution in [1.29, 1.82) is 5.26 Å². The smallest absolute Gasteiger partial charge is 0.246 e. The molecule has 1 aromatic heterocycles. The Morgan fingerprint density at radius 1 is 1.27 bits per heavy atom. The highest BCUT2D eigenvalue weighted by Crippen LogP contribution is 2.33. The Kier molecular flexibility index (Phi) is 6.26. The molecule has 0 saturated carbocycles. The molecule has 0 radical (unpaired) electrons. The summed E-state index contributed by atoms with van der Waals surface area (Å²) in [5.74, 6) is -0.484. The van der Waals surface area contributed by atoms with Gasteiger partial charge in [0.2, 0.25) is 26.9 Å². The molecule has 0 saturated heterocycles. The number of rotatable bonds is 4. The standard InChI is InChI=1S/C10H11Cl4N7O/c1-5(22)16-6(10(12,13)14)21(4-15)9-18-7(11)17-8(19-9)20(2)3/h6H,1-3H3,(H,16,22)/t6-/m0/s1. The fourth-order valence-electron chi connectivity index (χ4n) is 1.34. The monoisotopic (exact) mass is 385 g/mol. The summed E-state index contributed by atoms with van der Waals surface area (Å²) in [5.41, 5.74) is 0. The minimum atomic E-state index is -2.02. The van der Waals surface area contributed by atoms with Gasteiger partial charge >= 0.3 is 0 Å². The first-order valence-corrected chi connectivity index (χ1v) is 7.19. The quantitative estimate of drug-likeness (QED) is 0.364. The van der Waals surface area contributed by atoms with Gasteiger partial charge in [0.1, 0.15) is 0 Å². The number of nitriles is 1. The highest BCUT2D eigenvalue weighted by atomic mass is 35.6. The number of carbonyl (C=O) groups is 1. The first kappa shape index (κ1) is 18.8. The van der Waals surface area contributed by atoms with Crippen molar-refractivity contribution in [3.63, 3.8) is 0 Å². The first-order valence-electron chi connectivity index (χ1n) is 5.68. The average Bonchev–Trinajstić information content (AvgIpc) is 2.36. The summed E-state index contributed by atoms with van der Waals surface area (Å²) in [4.78, 5) is 25.4. The van der Waals surface area contributed by atoms with Crippen molar-refractivity contribution in [1.82, 2.24) is 20.3 Å². The zero-order chi connectivity index (χ0) is 17.1. The maximum absolute atomic E-state index is 11.3. The van der Waals surface area contributed by atoms with Gasteiger partial charge in [-0.05, 0) is 11.6 Å². The molecular formula is C10H11Cl4N7O. The molecule has 1 aromatic rings. The second kappa shape index (κ2) is 7.33. The highest BCUT2D eigenvalue weighted by molar-refractivity contribution is 6.68. The summed E-state index contributed by atoms with van der Waals surface area (Å²) in [6.07, 6.45) is 0.434. The minimum absolute atomic E-state index is 0.153. The van der Waals surface area contributed by atoms with E-state index in [0.717, 1.165) is 4.90 Å². The molecular weight excluding hydrogens is 376 g/mol. The van der Waals surface area contributed by atoms with Gasteiger partial charge in [-0.1, -0.05) is 34.8 Å². The van der Waals surface area contributed by atoms with Crippen LogP contribution in [0.25, 0.3) is 0 Å². The number of carbonyl (C=O) groups excluding carboxylic acids is 1. The van der Waals surface area contributed by atoms with Gasteiger partial charge in [0.25, 0.3) is 0 Å². The molecule has 12 heteroatoms. The third-order valence-corrected chi connectivity index (χ3v) is 3.01. The molecule has 1 N–H and O–H groups in total. The Morgan fingerprint density at radius 3 is 2.23 bits per heavy atom. The second-order valence-corrected chi connectivity index (χ2v) is 6.92. The normalized spacial score (nSPS) is 12.3. The van der Waals surface area contributed by atoms with E-state index < -0.39 is 15.9 Å². The SMILES string of the molecule is CC(=O)N[C@@H](N(C#N)c1nc(Cl)nc(N(C)C)n1)C(Cl)(Cl)Cl. The predicted octanol–water partition coefficient (Wildman–Crippen LogP) is 1.71. The number of halogens is 4. The van der Waals surface area contributed by atoms with Crippen molar-refractivity contribution in [3.8, 4) is 6.19 Å². The van der Waals surface area contributed by atoms with E-state index in [1.807, 2.05) is 0 Å². The molecule has 0 aliphatic rings. The molecule has 0 aromatic carbocycles. The molecule has 8 nitrogen and oxygen atoms in total. The summed E-state index contributed by atoms with van der Waals surface area (Å²) in [6, 6.07) is 0. The van der Waals surface area contributed by atoms with E-state index in [9.17, 15) is 10.1 Å². The van der Waals surface area contributed by atoms with E-state index in [0.29, 0.717) is 0 Å². The van der Waals surface area contributed by atoms with Gasteiger partial charge in [-0.15, -0.1) is 0 Å². The number of hydrogen-bond acceptors (Lipinski definition) is 7. The van der Waals surface area contributed by atoms with E-state index in [1.54, 1.807) is 25.2 Å². The number of nitrogens with one attached hydrogen (secondary N) is 1. The zero-order valence-electron chi connectivity index (χ0n) is 11.7. The molecule has 0 aliphatic carbocycles. The van der Waals surface area contributed by atoms with Crippen LogP contribution in [0.5, 0.6) is 0 Å². The Labute approximate surface area is 146 Å². The number of hydrogen-bond donors (Lipinski definition) is 1. The molecule has 0 fully saturated rings. The lowest BCUT2D eigenvalue weighted by molar-refractivity contribution is -0.119. The highest BCUT2D eigenvalue weighted by Gasteiger charge is 2.40. The lowest BCUT2D eigenvalue weighted by Crippen LogP contribution is -2.54. The van der Waals surface area contributed by atoms with Crippen molar-refractivity contribution in [3.05, 3.63) is 5.28 Å². The van der Waals surface area contributed by atoms with Gasteiger partial charge in [0, 0.05) is 21.0 Å². The Bertz CT molecular complexity index is 598. The number of alkyl halides is 3. The van der Waals surface area contributed by atoms with Gasteiger partial charge in [-0.3, -0.25) is 4.79 Å². The summed E-state index contributed by atoms with van der Waals surface area (Å²) in [7, 11) is 3.35. The van der Waals surface area contributed by atoms with Crippen molar-refractivity contribution in [2.45, 2.75) is 16.9 Å². The molecule has 0 spiro atoms. The number of anilines is 2. The molecule has 0 aliphatic heterocycles. The largest absolute Gasteiger partial charge is 0.347 e. The molecule has 0 unspecified atom stereocenters. The zero-order valence-corrected chi connectivity index (χ0v) is 14.7. The Hall–Kier alpha value is -1.27. The van der Waals surface area contributed by atoms with Gasteiger partial charge in [0.05, 0.1) is 0 Å². The van der Waals surface area contributed by atoms with Crippen molar-refractivity contribution < 1.29 is 4.79 Å². The molecule has 1 rings (SSSR count). The van der Waals surface area contributed by atoms with Gasteiger partial charge in [0.15, 0.2) is 12.4 Å². The molecule has 1 amide bonds. The summed E-state index contributed by atoms with van der Waals surface area (Å²) in [6.45, 7) is 1.21. The van der Waals surface area contributed by atoms with E-state index in [1.165, 1.54) is 6.92 Å². The molecule has 22 heavy (non-hydrogen) atoms. The lowest BCUT2D eigenvalue weighted by Gasteiger charge is -2.30. The lowest BCUT2D eigenvalue weighted by atomic mass is 10.4. The van der Waals surface area contributed by atoms with Crippen LogP contribution in [0.2, 0.25) is 5.28 Å². The van der Waals surface area contributed by atoms with Crippen molar-refractivity contribution >= 4 is 64.2 Å². The van der Waals surface area contributed by atoms with Crippen LogP contribution in [-0.2, 0) is 4.79 Å². The summed E-state index contributed by atoms with van der Waals surface area (Å²) < 4.78 is -2.02. The van der Waals surface area contributed by atoms with E-state index >= 15 is 0 Å². The molecule has 1 atom stereocenters. The maximum atomic E-state index is 11.3. The molecule has 120 valence electrons. The number of amides is 1. The van der Waals surface area contributed by atoms with Crippen LogP contribution in [0.3, 0.4) is 0 Å². The third-order valence-electron chi connectivity index (χ3n) is 2.22. The van der Waals surface area contributed by atoms with Gasteiger partial charge in [-0.2, -0.15) is 20.2 Å². The van der Waals surface area contributed by atoms with Crippen LogP contribution in [0.4, 0.5) is 11.9 Å². The average molecular weight is 387 g/mol. The minimum Gasteiger partial charge on any atom is -0.347 e. The fourth-order valence-corrected chi connectivity index (χ4v) is 1.95. The van der Waals surface area contributed by atoms with Gasteiger partial charge in [-0.25, -0.2) is 4.90 Å². The van der Waals surface area contributed by atoms with Crippen molar-refractivity contribution in [2.75, 3.05) is 23.9 Å². The third kappa shape index (κ3) is 4.88. The predicted molar refractivity (Wildman–Crippen MR) is 85.2 cm³/mol.